The number of aryl methyl sites for hydroxylation is 1. The van der Waals surface area contributed by atoms with Gasteiger partial charge in [0, 0.05) is 25.6 Å². The van der Waals surface area contributed by atoms with Crippen LogP contribution in [0.4, 0.5) is 15.9 Å². The lowest BCUT2D eigenvalue weighted by molar-refractivity contribution is 0.122. The van der Waals surface area contributed by atoms with Gasteiger partial charge in [0.05, 0.1) is 30.3 Å². The van der Waals surface area contributed by atoms with Crippen molar-refractivity contribution in [3.63, 3.8) is 0 Å². The maximum absolute atomic E-state index is 14.1. The van der Waals surface area contributed by atoms with Crippen LogP contribution in [0.5, 0.6) is 0 Å². The minimum atomic E-state index is -0.187. The largest absolute Gasteiger partial charge is 0.396 e. The van der Waals surface area contributed by atoms with E-state index < -0.39 is 0 Å². The van der Waals surface area contributed by atoms with Gasteiger partial charge in [0.1, 0.15) is 5.82 Å². The Morgan fingerprint density at radius 2 is 2.03 bits per heavy atom. The number of morpholine rings is 1. The topological polar surface area (TPSA) is 68.7 Å². The summed E-state index contributed by atoms with van der Waals surface area (Å²) in [6.07, 6.45) is 3.54. The standard InChI is InChI=1S/C22H28FN5O/c1-3-4-8-19-20(13-16-6-5-7-17(23)15(16)2)28-22(25-19)18(24)14-21(26-28)27-9-11-29-12-10-27/h5-7,14H,3-4,8-13,24H2,1-2H3. The van der Waals surface area contributed by atoms with E-state index in [9.17, 15) is 4.39 Å². The molecule has 1 aliphatic rings. The van der Waals surface area contributed by atoms with Crippen molar-refractivity contribution in [2.75, 3.05) is 36.9 Å². The minimum Gasteiger partial charge on any atom is -0.396 e. The Labute approximate surface area is 170 Å². The van der Waals surface area contributed by atoms with Gasteiger partial charge in [0.25, 0.3) is 0 Å². The number of anilines is 2. The number of imidazole rings is 1. The molecule has 2 N–H and O–H groups in total. The second-order valence-corrected chi connectivity index (χ2v) is 7.60. The van der Waals surface area contributed by atoms with Crippen LogP contribution in [0.25, 0.3) is 5.65 Å². The fourth-order valence-electron chi connectivity index (χ4n) is 3.81. The van der Waals surface area contributed by atoms with Crippen LogP contribution < -0.4 is 10.6 Å². The third-order valence-corrected chi connectivity index (χ3v) is 5.62. The highest BCUT2D eigenvalue weighted by Crippen LogP contribution is 2.26. The van der Waals surface area contributed by atoms with Gasteiger partial charge in [-0.25, -0.2) is 13.9 Å². The van der Waals surface area contributed by atoms with E-state index in [2.05, 4.69) is 11.8 Å². The van der Waals surface area contributed by atoms with Crippen LogP contribution in [-0.4, -0.2) is 40.9 Å². The number of unbranched alkanes of at least 4 members (excludes halogenated alkanes) is 1. The third kappa shape index (κ3) is 3.92. The van der Waals surface area contributed by atoms with Gasteiger partial charge in [-0.1, -0.05) is 25.5 Å². The molecule has 2 aromatic heterocycles. The molecule has 0 bridgehead atoms. The summed E-state index contributed by atoms with van der Waals surface area (Å²) in [7, 11) is 0. The molecule has 0 atom stereocenters. The van der Waals surface area contributed by atoms with Gasteiger partial charge in [0.2, 0.25) is 0 Å². The summed E-state index contributed by atoms with van der Waals surface area (Å²) in [5.74, 6) is 0.642. The maximum Gasteiger partial charge on any atom is 0.177 e. The van der Waals surface area contributed by atoms with E-state index in [1.807, 2.05) is 23.6 Å². The minimum absolute atomic E-state index is 0.187. The first-order chi connectivity index (χ1) is 14.1. The molecular formula is C22H28FN5O. The first-order valence-corrected chi connectivity index (χ1v) is 10.3. The summed E-state index contributed by atoms with van der Waals surface area (Å²) >= 11 is 0. The summed E-state index contributed by atoms with van der Waals surface area (Å²) in [5, 5.41) is 4.89. The van der Waals surface area contributed by atoms with E-state index in [1.165, 1.54) is 6.07 Å². The fourth-order valence-corrected chi connectivity index (χ4v) is 3.81. The van der Waals surface area contributed by atoms with E-state index >= 15 is 0 Å². The normalized spacial score (nSPS) is 14.7. The van der Waals surface area contributed by atoms with Gasteiger partial charge < -0.3 is 15.4 Å². The number of nitrogen functional groups attached to an aromatic ring is 1. The van der Waals surface area contributed by atoms with Crippen molar-refractivity contribution in [1.82, 2.24) is 14.6 Å². The van der Waals surface area contributed by atoms with Gasteiger partial charge in [-0.3, -0.25) is 0 Å². The summed E-state index contributed by atoms with van der Waals surface area (Å²) in [5.41, 5.74) is 11.3. The maximum atomic E-state index is 14.1. The second kappa shape index (κ2) is 8.37. The Bertz CT molecular complexity index is 1010. The molecule has 0 radical (unpaired) electrons. The summed E-state index contributed by atoms with van der Waals surface area (Å²) in [6, 6.07) is 7.12. The SMILES string of the molecule is CCCCc1nc2c(N)cc(N3CCOCC3)nn2c1Cc1cccc(F)c1C. The number of aromatic nitrogens is 3. The number of rotatable bonds is 6. The smallest absolute Gasteiger partial charge is 0.177 e. The number of ether oxygens (including phenoxy) is 1. The lowest BCUT2D eigenvalue weighted by Crippen LogP contribution is -2.37. The number of hydrogen-bond acceptors (Lipinski definition) is 5. The molecular weight excluding hydrogens is 369 g/mol. The van der Waals surface area contributed by atoms with Crippen molar-refractivity contribution >= 4 is 17.2 Å². The zero-order valence-electron chi connectivity index (χ0n) is 17.1. The van der Waals surface area contributed by atoms with Crippen LogP contribution in [0.2, 0.25) is 0 Å². The van der Waals surface area contributed by atoms with Gasteiger partial charge in [-0.05, 0) is 37.0 Å². The van der Waals surface area contributed by atoms with E-state index in [0.29, 0.717) is 36.5 Å². The number of hydrogen-bond donors (Lipinski definition) is 1. The zero-order valence-corrected chi connectivity index (χ0v) is 17.1. The van der Waals surface area contributed by atoms with E-state index in [1.54, 1.807) is 6.07 Å². The molecule has 1 saturated heterocycles. The number of nitrogens with zero attached hydrogens (tertiary/aromatic N) is 4. The number of nitrogens with two attached hydrogens (primary N) is 1. The number of benzene rings is 1. The summed E-state index contributed by atoms with van der Waals surface area (Å²) in [4.78, 5) is 7.01. The van der Waals surface area contributed by atoms with Crippen molar-refractivity contribution in [1.29, 1.82) is 0 Å². The molecule has 0 amide bonds. The van der Waals surface area contributed by atoms with Crippen molar-refractivity contribution in [2.45, 2.75) is 39.5 Å². The van der Waals surface area contributed by atoms with E-state index in [4.69, 9.17) is 20.6 Å². The monoisotopic (exact) mass is 397 g/mol. The lowest BCUT2D eigenvalue weighted by atomic mass is 10.0. The Morgan fingerprint density at radius 1 is 1.24 bits per heavy atom. The van der Waals surface area contributed by atoms with E-state index in [-0.39, 0.29) is 5.82 Å². The highest BCUT2D eigenvalue weighted by Gasteiger charge is 2.20. The Morgan fingerprint density at radius 3 is 2.79 bits per heavy atom. The van der Waals surface area contributed by atoms with Crippen molar-refractivity contribution in [3.8, 4) is 0 Å². The molecule has 29 heavy (non-hydrogen) atoms. The first kappa shape index (κ1) is 19.6. The van der Waals surface area contributed by atoms with Crippen LogP contribution in [0, 0.1) is 12.7 Å². The molecule has 1 fully saturated rings. The van der Waals surface area contributed by atoms with Crippen molar-refractivity contribution in [3.05, 3.63) is 52.6 Å². The predicted molar refractivity (Wildman–Crippen MR) is 113 cm³/mol. The average molecular weight is 397 g/mol. The summed E-state index contributed by atoms with van der Waals surface area (Å²) in [6.45, 7) is 6.92. The van der Waals surface area contributed by atoms with Crippen LogP contribution in [0.1, 0.15) is 42.3 Å². The highest BCUT2D eigenvalue weighted by molar-refractivity contribution is 5.69. The molecule has 154 valence electrons. The number of fused-ring (bicyclic) bond motifs is 1. The average Bonchev–Trinajstić information content (AvgIpc) is 3.08. The third-order valence-electron chi connectivity index (χ3n) is 5.62. The number of halogens is 1. The molecule has 0 saturated carbocycles. The molecule has 6 nitrogen and oxygen atoms in total. The Hall–Kier alpha value is -2.67. The molecule has 4 rings (SSSR count). The molecule has 0 spiro atoms. The van der Waals surface area contributed by atoms with E-state index in [0.717, 1.165) is 55.1 Å². The molecule has 3 aromatic rings. The lowest BCUT2D eigenvalue weighted by Gasteiger charge is -2.27. The molecule has 3 heterocycles. The van der Waals surface area contributed by atoms with Gasteiger partial charge in [0.15, 0.2) is 11.5 Å². The summed E-state index contributed by atoms with van der Waals surface area (Å²) < 4.78 is 21.4. The van der Waals surface area contributed by atoms with Crippen LogP contribution in [0.15, 0.2) is 24.3 Å². The quantitative estimate of drug-likeness (QED) is 0.689. The van der Waals surface area contributed by atoms with Gasteiger partial charge >= 0.3 is 0 Å². The molecule has 7 heteroatoms. The first-order valence-electron chi connectivity index (χ1n) is 10.3. The predicted octanol–water partition coefficient (Wildman–Crippen LogP) is 3.53. The highest BCUT2D eigenvalue weighted by atomic mass is 19.1. The molecule has 1 aliphatic heterocycles. The molecule has 0 aliphatic carbocycles. The van der Waals surface area contributed by atoms with Gasteiger partial charge in [-0.15, -0.1) is 5.10 Å². The zero-order chi connectivity index (χ0) is 20.4. The van der Waals surface area contributed by atoms with Crippen LogP contribution in [-0.2, 0) is 17.6 Å². The second-order valence-electron chi connectivity index (χ2n) is 7.60. The fraction of sp³-hybridized carbons (Fsp3) is 0.455. The Kier molecular flexibility index (Phi) is 5.67. The van der Waals surface area contributed by atoms with Crippen molar-refractivity contribution in [2.24, 2.45) is 0 Å². The van der Waals surface area contributed by atoms with Crippen molar-refractivity contribution < 1.29 is 9.13 Å². The van der Waals surface area contributed by atoms with Gasteiger partial charge in [-0.2, -0.15) is 0 Å². The Balaban J connectivity index is 1.82. The van der Waals surface area contributed by atoms with Crippen LogP contribution >= 0.6 is 0 Å². The van der Waals surface area contributed by atoms with Crippen LogP contribution in [0.3, 0.4) is 0 Å². The molecule has 1 aromatic carbocycles. The molecule has 0 unspecified atom stereocenters.